The van der Waals surface area contributed by atoms with Crippen LogP contribution in [0, 0.1) is 5.82 Å². The highest BCUT2D eigenvalue weighted by atomic mass is 35.5. The monoisotopic (exact) mass is 240 g/mol. The first-order chi connectivity index (χ1) is 7.74. The maximum atomic E-state index is 13.6. The highest BCUT2D eigenvalue weighted by Crippen LogP contribution is 2.23. The van der Waals surface area contributed by atoms with Crippen molar-refractivity contribution in [1.82, 2.24) is 20.3 Å². The fourth-order valence-electron chi connectivity index (χ4n) is 1.44. The molecule has 16 heavy (non-hydrogen) atoms. The molecule has 0 unspecified atom stereocenters. The molecule has 2 aromatic rings. The quantitative estimate of drug-likeness (QED) is 0.889. The van der Waals surface area contributed by atoms with Gasteiger partial charge in [0.25, 0.3) is 0 Å². The molecule has 1 aromatic heterocycles. The van der Waals surface area contributed by atoms with Gasteiger partial charge in [-0.2, -0.15) is 0 Å². The highest BCUT2D eigenvalue weighted by molar-refractivity contribution is 6.32. The van der Waals surface area contributed by atoms with Gasteiger partial charge in [0.15, 0.2) is 0 Å². The van der Waals surface area contributed by atoms with Crippen LogP contribution in [0.2, 0.25) is 5.02 Å². The molecule has 84 valence electrons. The lowest BCUT2D eigenvalue weighted by Gasteiger charge is -2.08. The van der Waals surface area contributed by atoms with Crippen LogP contribution in [-0.2, 0) is 6.54 Å². The molecular formula is C10H10ClFN4. The third kappa shape index (κ3) is 1.91. The lowest BCUT2D eigenvalue weighted by Crippen LogP contribution is -2.12. The Morgan fingerprint density at radius 1 is 1.50 bits per heavy atom. The van der Waals surface area contributed by atoms with Crippen LogP contribution in [0.15, 0.2) is 24.4 Å². The van der Waals surface area contributed by atoms with E-state index in [9.17, 15) is 4.39 Å². The maximum Gasteiger partial charge on any atom is 0.150 e. The smallest absolute Gasteiger partial charge is 0.150 e. The van der Waals surface area contributed by atoms with Crippen molar-refractivity contribution < 1.29 is 4.39 Å². The Labute approximate surface area is 97.0 Å². The van der Waals surface area contributed by atoms with Crippen molar-refractivity contribution in [3.63, 3.8) is 0 Å². The van der Waals surface area contributed by atoms with E-state index in [1.165, 1.54) is 10.7 Å². The summed E-state index contributed by atoms with van der Waals surface area (Å²) >= 11 is 5.94. The molecule has 0 saturated heterocycles. The summed E-state index contributed by atoms with van der Waals surface area (Å²) in [6.07, 6.45) is 1.57. The lowest BCUT2D eigenvalue weighted by atomic mass is 10.3. The number of nitrogens with zero attached hydrogens (tertiary/aromatic N) is 3. The average molecular weight is 241 g/mol. The fourth-order valence-corrected chi connectivity index (χ4v) is 1.68. The van der Waals surface area contributed by atoms with Gasteiger partial charge in [-0.1, -0.05) is 22.9 Å². The molecule has 0 aliphatic rings. The first-order valence-electron chi connectivity index (χ1n) is 4.72. The van der Waals surface area contributed by atoms with Gasteiger partial charge in [-0.15, -0.1) is 5.10 Å². The summed E-state index contributed by atoms with van der Waals surface area (Å²) < 4.78 is 15.0. The van der Waals surface area contributed by atoms with Crippen LogP contribution in [0.5, 0.6) is 0 Å². The number of nitrogens with one attached hydrogen (secondary N) is 1. The minimum Gasteiger partial charge on any atom is -0.314 e. The number of aromatic nitrogens is 3. The number of rotatable bonds is 3. The summed E-state index contributed by atoms with van der Waals surface area (Å²) in [7, 11) is 1.79. The molecular weight excluding hydrogens is 231 g/mol. The Kier molecular flexibility index (Phi) is 3.17. The van der Waals surface area contributed by atoms with E-state index < -0.39 is 5.82 Å². The Morgan fingerprint density at radius 3 is 3.00 bits per heavy atom. The topological polar surface area (TPSA) is 42.7 Å². The minimum absolute atomic E-state index is 0.229. The third-order valence-corrected chi connectivity index (χ3v) is 2.43. The van der Waals surface area contributed by atoms with E-state index in [-0.39, 0.29) is 5.69 Å². The van der Waals surface area contributed by atoms with Crippen LogP contribution in [0.25, 0.3) is 5.69 Å². The van der Waals surface area contributed by atoms with Crippen molar-refractivity contribution in [1.29, 1.82) is 0 Å². The molecule has 0 spiro atoms. The largest absolute Gasteiger partial charge is 0.314 e. The van der Waals surface area contributed by atoms with E-state index in [1.807, 2.05) is 0 Å². The zero-order chi connectivity index (χ0) is 11.5. The number of hydrogen-bond acceptors (Lipinski definition) is 3. The van der Waals surface area contributed by atoms with E-state index in [2.05, 4.69) is 15.6 Å². The second-order valence-electron chi connectivity index (χ2n) is 3.24. The zero-order valence-electron chi connectivity index (χ0n) is 8.61. The molecule has 0 atom stereocenters. The predicted molar refractivity (Wildman–Crippen MR) is 59.1 cm³/mol. The van der Waals surface area contributed by atoms with Crippen LogP contribution in [0.1, 0.15) is 5.69 Å². The van der Waals surface area contributed by atoms with Crippen LogP contribution >= 0.6 is 11.6 Å². The van der Waals surface area contributed by atoms with Crippen molar-refractivity contribution in [3.05, 3.63) is 40.9 Å². The molecule has 1 aromatic carbocycles. The Hall–Kier alpha value is -1.46. The van der Waals surface area contributed by atoms with Crippen LogP contribution in [0.4, 0.5) is 4.39 Å². The van der Waals surface area contributed by atoms with Gasteiger partial charge in [-0.05, 0) is 19.2 Å². The Morgan fingerprint density at radius 2 is 2.31 bits per heavy atom. The lowest BCUT2D eigenvalue weighted by molar-refractivity contribution is 0.599. The maximum absolute atomic E-state index is 13.6. The van der Waals surface area contributed by atoms with Gasteiger partial charge in [0.05, 0.1) is 16.9 Å². The standard InChI is InChI=1S/C10H10ClFN4/c1-13-5-7-6-14-15-16(7)10-8(11)3-2-4-9(10)12/h2-4,6,13H,5H2,1H3. The zero-order valence-corrected chi connectivity index (χ0v) is 9.37. The van der Waals surface area contributed by atoms with E-state index in [0.717, 1.165) is 5.69 Å². The second-order valence-corrected chi connectivity index (χ2v) is 3.64. The summed E-state index contributed by atoms with van der Waals surface area (Å²) in [5, 5.41) is 10.8. The van der Waals surface area contributed by atoms with Crippen LogP contribution in [-0.4, -0.2) is 22.0 Å². The summed E-state index contributed by atoms with van der Waals surface area (Å²) in [5.41, 5.74) is 0.974. The molecule has 0 aliphatic heterocycles. The van der Waals surface area contributed by atoms with Gasteiger partial charge >= 0.3 is 0 Å². The molecule has 0 bridgehead atoms. The van der Waals surface area contributed by atoms with E-state index >= 15 is 0 Å². The van der Waals surface area contributed by atoms with E-state index in [1.54, 1.807) is 25.4 Å². The van der Waals surface area contributed by atoms with Crippen molar-refractivity contribution in [2.24, 2.45) is 0 Å². The molecule has 4 nitrogen and oxygen atoms in total. The SMILES string of the molecule is CNCc1cnnn1-c1c(F)cccc1Cl. The average Bonchev–Trinajstić information content (AvgIpc) is 2.67. The molecule has 1 N–H and O–H groups in total. The molecule has 0 amide bonds. The van der Waals surface area contributed by atoms with Crippen molar-refractivity contribution in [3.8, 4) is 5.69 Å². The van der Waals surface area contributed by atoms with Crippen LogP contribution in [0.3, 0.4) is 0 Å². The van der Waals surface area contributed by atoms with Gasteiger partial charge in [0.1, 0.15) is 11.5 Å². The third-order valence-electron chi connectivity index (χ3n) is 2.13. The summed E-state index contributed by atoms with van der Waals surface area (Å²) in [5.74, 6) is -0.421. The van der Waals surface area contributed by atoms with Crippen molar-refractivity contribution in [2.45, 2.75) is 6.54 Å². The molecule has 0 saturated carbocycles. The van der Waals surface area contributed by atoms with E-state index in [4.69, 9.17) is 11.6 Å². The Bertz CT molecular complexity index is 477. The summed E-state index contributed by atoms with van der Waals surface area (Å²) in [4.78, 5) is 0. The molecule has 6 heteroatoms. The van der Waals surface area contributed by atoms with Crippen molar-refractivity contribution in [2.75, 3.05) is 7.05 Å². The second kappa shape index (κ2) is 4.59. The minimum atomic E-state index is -0.421. The first kappa shape index (κ1) is 11.0. The summed E-state index contributed by atoms with van der Waals surface area (Å²) in [6, 6.07) is 4.51. The number of halogens is 2. The van der Waals surface area contributed by atoms with Gasteiger partial charge in [0, 0.05) is 6.54 Å². The Balaban J connectivity index is 2.54. The van der Waals surface area contributed by atoms with Gasteiger partial charge in [0.2, 0.25) is 0 Å². The predicted octanol–water partition coefficient (Wildman–Crippen LogP) is 1.78. The molecule has 1 heterocycles. The summed E-state index contributed by atoms with van der Waals surface area (Å²) in [6.45, 7) is 0.539. The first-order valence-corrected chi connectivity index (χ1v) is 5.10. The molecule has 2 rings (SSSR count). The van der Waals surface area contributed by atoms with Crippen molar-refractivity contribution >= 4 is 11.6 Å². The van der Waals surface area contributed by atoms with Gasteiger partial charge in [-0.25, -0.2) is 9.07 Å². The molecule has 0 aliphatic carbocycles. The fraction of sp³-hybridized carbons (Fsp3) is 0.200. The molecule has 0 radical (unpaired) electrons. The highest BCUT2D eigenvalue weighted by Gasteiger charge is 2.13. The normalized spacial score (nSPS) is 10.7. The van der Waals surface area contributed by atoms with Gasteiger partial charge in [-0.3, -0.25) is 0 Å². The number of para-hydroxylation sites is 1. The van der Waals surface area contributed by atoms with Gasteiger partial charge < -0.3 is 5.32 Å². The molecule has 0 fully saturated rings. The van der Waals surface area contributed by atoms with E-state index in [0.29, 0.717) is 11.6 Å². The number of benzene rings is 1. The number of hydrogen-bond donors (Lipinski definition) is 1. The van der Waals surface area contributed by atoms with Crippen LogP contribution < -0.4 is 5.32 Å².